The maximum absolute atomic E-state index is 6.22. The van der Waals surface area contributed by atoms with E-state index < -0.39 is 0 Å². The Balaban J connectivity index is 2.13. The van der Waals surface area contributed by atoms with Crippen molar-refractivity contribution in [2.45, 2.75) is 63.7 Å². The zero-order valence-electron chi connectivity index (χ0n) is 13.7. The molecule has 0 radical (unpaired) electrons. The van der Waals surface area contributed by atoms with Crippen molar-refractivity contribution in [2.24, 2.45) is 11.7 Å². The molecule has 3 unspecified atom stereocenters. The summed E-state index contributed by atoms with van der Waals surface area (Å²) >= 11 is 0. The van der Waals surface area contributed by atoms with Gasteiger partial charge in [0.25, 0.3) is 0 Å². The van der Waals surface area contributed by atoms with Gasteiger partial charge in [0, 0.05) is 32.3 Å². The lowest BCUT2D eigenvalue weighted by molar-refractivity contribution is -0.126. The second-order valence-corrected chi connectivity index (χ2v) is 7.21. The van der Waals surface area contributed by atoms with Crippen LogP contribution in [0.5, 0.6) is 0 Å². The molecule has 0 aromatic heterocycles. The van der Waals surface area contributed by atoms with E-state index in [0.29, 0.717) is 12.0 Å². The van der Waals surface area contributed by atoms with Gasteiger partial charge in [0.1, 0.15) is 0 Å². The van der Waals surface area contributed by atoms with Crippen LogP contribution in [0, 0.1) is 5.92 Å². The normalized spacial score (nSPS) is 40.2. The second kappa shape index (κ2) is 6.30. The Hall–Kier alpha value is -0.160. The molecule has 0 spiro atoms. The van der Waals surface area contributed by atoms with Crippen LogP contribution in [0.3, 0.4) is 0 Å². The number of methoxy groups -OCH3 is 1. The molecule has 2 aliphatic rings. The highest BCUT2D eigenvalue weighted by molar-refractivity contribution is 5.01. The van der Waals surface area contributed by atoms with Gasteiger partial charge >= 0.3 is 0 Å². The van der Waals surface area contributed by atoms with Crippen molar-refractivity contribution in [3.8, 4) is 0 Å². The average Bonchev–Trinajstić information content (AvgIpc) is 2.47. The summed E-state index contributed by atoms with van der Waals surface area (Å²) in [5.41, 5.74) is 6.31. The van der Waals surface area contributed by atoms with Gasteiger partial charge in [-0.25, -0.2) is 0 Å². The maximum Gasteiger partial charge on any atom is 0.0777 e. The minimum absolute atomic E-state index is 0.0218. The number of rotatable bonds is 4. The molecule has 2 heterocycles. The molecule has 2 aliphatic heterocycles. The van der Waals surface area contributed by atoms with Crippen LogP contribution in [0.4, 0.5) is 0 Å². The molecule has 2 saturated heterocycles. The summed E-state index contributed by atoms with van der Waals surface area (Å²) in [7, 11) is 1.83. The van der Waals surface area contributed by atoms with E-state index in [1.165, 1.54) is 6.42 Å². The van der Waals surface area contributed by atoms with Gasteiger partial charge in [-0.3, -0.25) is 4.90 Å². The van der Waals surface area contributed by atoms with Gasteiger partial charge in [-0.1, -0.05) is 13.8 Å². The first-order chi connectivity index (χ1) is 9.45. The Morgan fingerprint density at radius 1 is 1.40 bits per heavy atom. The van der Waals surface area contributed by atoms with E-state index >= 15 is 0 Å². The molecule has 0 amide bonds. The summed E-state index contributed by atoms with van der Waals surface area (Å²) in [5.74, 6) is 0.555. The van der Waals surface area contributed by atoms with Gasteiger partial charge in [0.2, 0.25) is 0 Å². The first-order valence-corrected chi connectivity index (χ1v) is 8.07. The van der Waals surface area contributed by atoms with Gasteiger partial charge in [0.15, 0.2) is 0 Å². The van der Waals surface area contributed by atoms with Crippen molar-refractivity contribution in [2.75, 3.05) is 33.4 Å². The molecule has 0 aromatic rings. The first-order valence-electron chi connectivity index (χ1n) is 8.07. The van der Waals surface area contributed by atoms with Crippen LogP contribution in [-0.2, 0) is 9.47 Å². The zero-order valence-corrected chi connectivity index (χ0v) is 13.7. The highest BCUT2D eigenvalue weighted by Gasteiger charge is 2.45. The van der Waals surface area contributed by atoms with Crippen LogP contribution in [0.15, 0.2) is 0 Å². The summed E-state index contributed by atoms with van der Waals surface area (Å²) in [5, 5.41) is 0. The predicted molar refractivity (Wildman–Crippen MR) is 81.8 cm³/mol. The number of piperidine rings is 1. The van der Waals surface area contributed by atoms with E-state index in [-0.39, 0.29) is 11.1 Å². The lowest BCUT2D eigenvalue weighted by Crippen LogP contribution is -2.64. The van der Waals surface area contributed by atoms with Gasteiger partial charge < -0.3 is 15.2 Å². The standard InChI is InChI=1S/C16H32N2O2/c1-13(2)14-10-16(11-17,7-9-20-14)18-8-5-6-15(3,12-18)19-4/h13-14H,5-12,17H2,1-4H3. The summed E-state index contributed by atoms with van der Waals surface area (Å²) in [6, 6.07) is 0. The fourth-order valence-corrected chi connectivity index (χ4v) is 3.74. The van der Waals surface area contributed by atoms with E-state index in [2.05, 4.69) is 25.7 Å². The summed E-state index contributed by atoms with van der Waals surface area (Å²) in [4.78, 5) is 2.60. The molecule has 0 bridgehead atoms. The maximum atomic E-state index is 6.22. The number of nitrogens with zero attached hydrogens (tertiary/aromatic N) is 1. The predicted octanol–water partition coefficient (Wildman–Crippen LogP) is 2.02. The van der Waals surface area contributed by atoms with Crippen LogP contribution in [0.2, 0.25) is 0 Å². The zero-order chi connectivity index (χ0) is 14.8. The molecular weight excluding hydrogens is 252 g/mol. The third kappa shape index (κ3) is 3.19. The van der Waals surface area contributed by atoms with Crippen LogP contribution < -0.4 is 5.73 Å². The molecular formula is C16H32N2O2. The molecule has 2 N–H and O–H groups in total. The Morgan fingerprint density at radius 2 is 2.15 bits per heavy atom. The number of hydrogen-bond acceptors (Lipinski definition) is 4. The molecule has 118 valence electrons. The fraction of sp³-hybridized carbons (Fsp3) is 1.00. The molecule has 0 aliphatic carbocycles. The monoisotopic (exact) mass is 284 g/mol. The highest BCUT2D eigenvalue weighted by Crippen LogP contribution is 2.37. The van der Waals surface area contributed by atoms with E-state index in [9.17, 15) is 0 Å². The van der Waals surface area contributed by atoms with E-state index in [4.69, 9.17) is 15.2 Å². The van der Waals surface area contributed by atoms with Gasteiger partial charge in [-0.05, 0) is 45.1 Å². The van der Waals surface area contributed by atoms with E-state index in [1.807, 2.05) is 7.11 Å². The Labute approximate surface area is 124 Å². The topological polar surface area (TPSA) is 47.7 Å². The largest absolute Gasteiger partial charge is 0.378 e. The van der Waals surface area contributed by atoms with Crippen molar-refractivity contribution >= 4 is 0 Å². The van der Waals surface area contributed by atoms with Crippen molar-refractivity contribution in [3.05, 3.63) is 0 Å². The Kier molecular flexibility index (Phi) is 5.11. The number of likely N-dealkylation sites (tertiary alicyclic amines) is 1. The molecule has 4 nitrogen and oxygen atoms in total. The van der Waals surface area contributed by atoms with Crippen molar-refractivity contribution < 1.29 is 9.47 Å². The molecule has 4 heteroatoms. The highest BCUT2D eigenvalue weighted by atomic mass is 16.5. The number of hydrogen-bond donors (Lipinski definition) is 1. The summed E-state index contributed by atoms with van der Waals surface area (Å²) in [6.45, 7) is 10.4. The van der Waals surface area contributed by atoms with E-state index in [0.717, 1.165) is 45.5 Å². The van der Waals surface area contributed by atoms with Crippen LogP contribution in [-0.4, -0.2) is 55.5 Å². The SMILES string of the molecule is COC1(C)CCCN(C2(CN)CCOC(C(C)C)C2)C1. The van der Waals surface area contributed by atoms with Crippen molar-refractivity contribution in [1.82, 2.24) is 4.90 Å². The number of nitrogens with two attached hydrogens (primary N) is 1. The van der Waals surface area contributed by atoms with Crippen LogP contribution >= 0.6 is 0 Å². The van der Waals surface area contributed by atoms with Crippen LogP contribution in [0.25, 0.3) is 0 Å². The van der Waals surface area contributed by atoms with Gasteiger partial charge in [-0.15, -0.1) is 0 Å². The fourth-order valence-electron chi connectivity index (χ4n) is 3.74. The lowest BCUT2D eigenvalue weighted by atomic mass is 9.79. The smallest absolute Gasteiger partial charge is 0.0777 e. The second-order valence-electron chi connectivity index (χ2n) is 7.21. The minimum atomic E-state index is -0.0218. The Morgan fingerprint density at radius 3 is 2.75 bits per heavy atom. The first kappa shape index (κ1) is 16.2. The third-order valence-electron chi connectivity index (χ3n) is 5.43. The molecule has 3 atom stereocenters. The lowest BCUT2D eigenvalue weighted by Gasteiger charge is -2.53. The molecule has 2 rings (SSSR count). The quantitative estimate of drug-likeness (QED) is 0.858. The molecule has 0 aromatic carbocycles. The van der Waals surface area contributed by atoms with Crippen molar-refractivity contribution in [1.29, 1.82) is 0 Å². The van der Waals surface area contributed by atoms with E-state index in [1.54, 1.807) is 0 Å². The number of ether oxygens (including phenoxy) is 2. The molecule has 0 saturated carbocycles. The van der Waals surface area contributed by atoms with Crippen LogP contribution in [0.1, 0.15) is 46.5 Å². The molecule has 20 heavy (non-hydrogen) atoms. The Bertz CT molecular complexity index is 324. The molecule has 2 fully saturated rings. The minimum Gasteiger partial charge on any atom is -0.378 e. The third-order valence-corrected chi connectivity index (χ3v) is 5.43. The van der Waals surface area contributed by atoms with Crippen molar-refractivity contribution in [3.63, 3.8) is 0 Å². The van der Waals surface area contributed by atoms with Gasteiger partial charge in [-0.2, -0.15) is 0 Å². The summed E-state index contributed by atoms with van der Waals surface area (Å²) in [6.07, 6.45) is 4.78. The van der Waals surface area contributed by atoms with Gasteiger partial charge in [0.05, 0.1) is 11.7 Å². The average molecular weight is 284 g/mol. The summed E-state index contributed by atoms with van der Waals surface area (Å²) < 4.78 is 11.7.